The SMILES string of the molecule is CC(c1ccc[cH-]1)N(C)C.Cc1ccc(S(=O)(=O)/N=[Te](\C)C/C=C/c2ccccc2)cc1.[Fe+2].c1cc[cH-]c1. The quantitative estimate of drug-likeness (QED) is 0.148. The molecule has 1 unspecified atom stereocenters. The van der Waals surface area contributed by atoms with E-state index < -0.39 is 29.4 Å². The first kappa shape index (κ1) is 33.9. The molecule has 0 aromatic heterocycles. The Morgan fingerprint density at radius 3 is 2.05 bits per heavy atom. The zero-order valence-corrected chi connectivity index (χ0v) is 27.0. The third kappa shape index (κ3) is 13.1. The van der Waals surface area contributed by atoms with Crippen LogP contribution in [-0.2, 0) is 27.1 Å². The number of benzene rings is 2. The van der Waals surface area contributed by atoms with Gasteiger partial charge in [0, 0.05) is 6.04 Å². The van der Waals surface area contributed by atoms with Crippen LogP contribution in [0.25, 0.3) is 6.08 Å². The summed E-state index contributed by atoms with van der Waals surface area (Å²) >= 11 is -2.02. The first-order valence-electron chi connectivity index (χ1n) is 12.1. The van der Waals surface area contributed by atoms with Gasteiger partial charge in [-0.2, -0.15) is 35.9 Å². The van der Waals surface area contributed by atoms with Crippen molar-refractivity contribution in [2.45, 2.75) is 34.2 Å². The van der Waals surface area contributed by atoms with E-state index in [0.29, 0.717) is 6.04 Å². The van der Waals surface area contributed by atoms with E-state index in [1.807, 2.05) is 84.7 Å². The van der Waals surface area contributed by atoms with Crippen LogP contribution >= 0.6 is 0 Å². The minimum Gasteiger partial charge on any atom is -0.214 e. The number of rotatable bonds is 7. The molecular formula is C31H38FeN2O2STe. The van der Waals surface area contributed by atoms with Gasteiger partial charge in [-0.25, -0.2) is 24.3 Å². The second kappa shape index (κ2) is 18.2. The molecule has 0 aliphatic heterocycles. The molecule has 0 radical (unpaired) electrons. The van der Waals surface area contributed by atoms with Crippen molar-refractivity contribution in [3.8, 4) is 0 Å². The van der Waals surface area contributed by atoms with Crippen LogP contribution in [0.2, 0.25) is 9.44 Å². The average Bonchev–Trinajstić information content (AvgIpc) is 3.62. The molecule has 0 bridgehead atoms. The van der Waals surface area contributed by atoms with Gasteiger partial charge in [0.1, 0.15) is 0 Å². The van der Waals surface area contributed by atoms with Crippen molar-refractivity contribution in [3.63, 3.8) is 0 Å². The van der Waals surface area contributed by atoms with E-state index >= 15 is 0 Å². The molecule has 4 rings (SSSR count). The summed E-state index contributed by atoms with van der Waals surface area (Å²) < 4.78 is 29.4. The van der Waals surface area contributed by atoms with Gasteiger partial charge in [-0.3, -0.25) is 0 Å². The van der Waals surface area contributed by atoms with E-state index in [2.05, 4.69) is 52.8 Å². The summed E-state index contributed by atoms with van der Waals surface area (Å²) in [5.74, 6) is 0. The Hall–Kier alpha value is -2.10. The van der Waals surface area contributed by atoms with Crippen molar-refractivity contribution < 1.29 is 25.5 Å². The summed E-state index contributed by atoms with van der Waals surface area (Å²) in [7, 11) is 0.685. The Balaban J connectivity index is 0.000000370. The maximum absolute atomic E-state index is 12.2. The van der Waals surface area contributed by atoms with Crippen molar-refractivity contribution in [2.75, 3.05) is 14.1 Å². The van der Waals surface area contributed by atoms with Gasteiger partial charge in [0.15, 0.2) is 0 Å². The fraction of sp³-hybridized carbons (Fsp3) is 0.226. The predicted octanol–water partition coefficient (Wildman–Crippen LogP) is 7.72. The number of allylic oxidation sites excluding steroid dienone is 1. The van der Waals surface area contributed by atoms with Crippen LogP contribution in [0, 0.1) is 6.92 Å². The third-order valence-electron chi connectivity index (χ3n) is 5.49. The Morgan fingerprint density at radius 1 is 0.921 bits per heavy atom. The molecule has 0 amide bonds. The van der Waals surface area contributed by atoms with E-state index in [1.165, 1.54) is 5.56 Å². The molecule has 1 atom stereocenters. The molecule has 0 heterocycles. The zero-order valence-electron chi connectivity index (χ0n) is 22.7. The summed E-state index contributed by atoms with van der Waals surface area (Å²) in [6.07, 6.45) is 4.05. The molecular weight excluding hydrogens is 648 g/mol. The van der Waals surface area contributed by atoms with Crippen LogP contribution < -0.4 is 0 Å². The minimum atomic E-state index is -3.50. The predicted molar refractivity (Wildman–Crippen MR) is 159 cm³/mol. The summed E-state index contributed by atoms with van der Waals surface area (Å²) in [6.45, 7) is 4.14. The summed E-state index contributed by atoms with van der Waals surface area (Å²) in [5.41, 5.74) is 3.55. The number of aryl methyl sites for hydroxylation is 1. The van der Waals surface area contributed by atoms with E-state index in [4.69, 9.17) is 0 Å². The molecule has 0 saturated carbocycles. The standard InChI is InChI=1S/C17H19NO2STe.C9H14N.C5H5.Fe/c1-15-10-12-17(13-11-15)21(19,20)18-22(2)14-6-9-16-7-4-3-5-8-16;1-8(10(2)3)9-6-4-5-7-9;1-2-4-5-3-1;/h3-13H,14H2,1-2H3;4-8H,1-3H3;1-5H;/q;2*-1;+2/b9-6+;;;. The largest absolute Gasteiger partial charge is 2.00 e. The maximum Gasteiger partial charge on any atom is 2.00 e. The number of hydrogen-bond acceptors (Lipinski definition) is 3. The zero-order chi connectivity index (χ0) is 27.1. The molecule has 0 spiro atoms. The van der Waals surface area contributed by atoms with Gasteiger partial charge in [-0.15, -0.1) is 0 Å². The van der Waals surface area contributed by atoms with E-state index in [9.17, 15) is 8.42 Å². The number of sulfonamides is 1. The average molecular weight is 686 g/mol. The topological polar surface area (TPSA) is 49.7 Å². The van der Waals surface area contributed by atoms with E-state index in [0.717, 1.165) is 15.6 Å². The van der Waals surface area contributed by atoms with Crippen LogP contribution in [0.15, 0.2) is 123 Å². The molecule has 4 aromatic rings. The maximum atomic E-state index is 12.2. The van der Waals surface area contributed by atoms with E-state index in [-0.39, 0.29) is 22.0 Å². The normalized spacial score (nSPS) is 12.6. The minimum absolute atomic E-state index is 0. The smallest absolute Gasteiger partial charge is 0.214 e. The van der Waals surface area contributed by atoms with Gasteiger partial charge in [-0.1, -0.05) is 0 Å². The van der Waals surface area contributed by atoms with Crippen molar-refractivity contribution in [3.05, 3.63) is 132 Å². The Labute approximate surface area is 247 Å². The van der Waals surface area contributed by atoms with Crippen LogP contribution in [0.1, 0.15) is 29.7 Å². The monoisotopic (exact) mass is 688 g/mol. The van der Waals surface area contributed by atoms with Crippen molar-refractivity contribution >= 4 is 35.5 Å². The van der Waals surface area contributed by atoms with Crippen molar-refractivity contribution in [2.24, 2.45) is 2.59 Å². The molecule has 0 N–H and O–H groups in total. The molecule has 0 aliphatic rings. The summed E-state index contributed by atoms with van der Waals surface area (Å²) in [5, 5.41) is 0. The van der Waals surface area contributed by atoms with Crippen LogP contribution in [0.4, 0.5) is 0 Å². The number of nitrogens with zero attached hydrogens (tertiary/aromatic N) is 2. The molecule has 204 valence electrons. The van der Waals surface area contributed by atoms with Crippen molar-refractivity contribution in [1.82, 2.24) is 4.90 Å². The third-order valence-corrected chi connectivity index (χ3v) is 12.6. The van der Waals surface area contributed by atoms with Crippen molar-refractivity contribution in [1.29, 1.82) is 0 Å². The van der Waals surface area contributed by atoms with Gasteiger partial charge < -0.3 is 4.90 Å². The molecule has 0 aliphatic carbocycles. The molecule has 38 heavy (non-hydrogen) atoms. The van der Waals surface area contributed by atoms with E-state index in [1.54, 1.807) is 24.3 Å². The second-order valence-electron chi connectivity index (χ2n) is 8.76. The van der Waals surface area contributed by atoms with Gasteiger partial charge in [-0.05, 0) is 21.0 Å². The molecule has 0 saturated heterocycles. The Bertz CT molecular complexity index is 1280. The molecule has 4 aromatic carbocycles. The Morgan fingerprint density at radius 2 is 1.55 bits per heavy atom. The van der Waals surface area contributed by atoms with Gasteiger partial charge in [0.2, 0.25) is 0 Å². The van der Waals surface area contributed by atoms with Gasteiger partial charge in [0.25, 0.3) is 0 Å². The van der Waals surface area contributed by atoms with Crippen LogP contribution in [0.3, 0.4) is 0 Å². The Kier molecular flexibility index (Phi) is 16.3. The molecule has 4 nitrogen and oxygen atoms in total. The first-order chi connectivity index (χ1) is 17.7. The van der Waals surface area contributed by atoms with Gasteiger partial charge >= 0.3 is 157 Å². The second-order valence-corrected chi connectivity index (χ2v) is 16.0. The number of hydrogen-bond donors (Lipinski definition) is 0. The molecule has 7 heteroatoms. The fourth-order valence-corrected chi connectivity index (χ4v) is 9.28. The van der Waals surface area contributed by atoms with Gasteiger partial charge in [0.05, 0.1) is 0 Å². The fourth-order valence-electron chi connectivity index (χ4n) is 3.13. The van der Waals surface area contributed by atoms with Crippen LogP contribution in [0.5, 0.6) is 0 Å². The summed E-state index contributed by atoms with van der Waals surface area (Å²) in [6, 6.07) is 35.8. The first-order valence-corrected chi connectivity index (χ1v) is 18.6. The van der Waals surface area contributed by atoms with Crippen LogP contribution in [-0.4, -0.2) is 46.8 Å². The summed E-state index contributed by atoms with van der Waals surface area (Å²) in [4.78, 5) is 4.47. The molecule has 0 fully saturated rings.